The maximum absolute atomic E-state index is 12.9. The van der Waals surface area contributed by atoms with Gasteiger partial charge in [0.15, 0.2) is 5.78 Å². The standard InChI is InChI=1S/C26H25ClN2O2/c1-26(2,3)19-10-14-21(15-11-19)31-17-25-28-22-6-4-5-7-23(22)29(25)16-24(30)18-8-12-20(27)13-9-18/h4-15H,16-17H2,1-3H3. The summed E-state index contributed by atoms with van der Waals surface area (Å²) in [5.74, 6) is 1.48. The number of carbonyl (C=O) groups is 1. The first kappa shape index (κ1) is 21.1. The number of benzene rings is 3. The second-order valence-electron chi connectivity index (χ2n) is 8.60. The third kappa shape index (κ3) is 4.80. The first-order chi connectivity index (χ1) is 14.8. The van der Waals surface area contributed by atoms with Gasteiger partial charge >= 0.3 is 0 Å². The van der Waals surface area contributed by atoms with Gasteiger partial charge in [-0.1, -0.05) is 56.6 Å². The number of rotatable bonds is 6. The van der Waals surface area contributed by atoms with Crippen molar-refractivity contribution in [1.82, 2.24) is 9.55 Å². The quantitative estimate of drug-likeness (QED) is 0.329. The van der Waals surface area contributed by atoms with E-state index in [2.05, 4.69) is 32.9 Å². The number of hydrogen-bond donors (Lipinski definition) is 0. The monoisotopic (exact) mass is 432 g/mol. The van der Waals surface area contributed by atoms with Gasteiger partial charge in [-0.15, -0.1) is 0 Å². The van der Waals surface area contributed by atoms with Crippen molar-refractivity contribution in [3.8, 4) is 5.75 Å². The predicted octanol–water partition coefficient (Wildman–Crippen LogP) is 6.45. The van der Waals surface area contributed by atoms with Crippen molar-refractivity contribution in [1.29, 1.82) is 0 Å². The van der Waals surface area contributed by atoms with Crippen molar-refractivity contribution < 1.29 is 9.53 Å². The molecule has 31 heavy (non-hydrogen) atoms. The van der Waals surface area contributed by atoms with E-state index < -0.39 is 0 Å². The third-order valence-electron chi connectivity index (χ3n) is 5.29. The molecule has 0 atom stereocenters. The molecule has 0 spiro atoms. The van der Waals surface area contributed by atoms with Gasteiger partial charge in [-0.25, -0.2) is 4.98 Å². The van der Waals surface area contributed by atoms with Crippen molar-refractivity contribution in [2.24, 2.45) is 0 Å². The van der Waals surface area contributed by atoms with Crippen LogP contribution in [0.1, 0.15) is 42.5 Å². The number of ether oxygens (including phenoxy) is 1. The maximum Gasteiger partial charge on any atom is 0.182 e. The molecule has 0 saturated heterocycles. The molecule has 3 aromatic carbocycles. The molecular weight excluding hydrogens is 408 g/mol. The predicted molar refractivity (Wildman–Crippen MR) is 125 cm³/mol. The number of nitrogens with zero attached hydrogens (tertiary/aromatic N) is 2. The number of Topliss-reactive ketones (excluding diaryl/α,β-unsaturated/α-hetero) is 1. The Morgan fingerprint density at radius 3 is 2.32 bits per heavy atom. The van der Waals surface area contributed by atoms with Gasteiger partial charge in [0, 0.05) is 10.6 Å². The van der Waals surface area contributed by atoms with Gasteiger partial charge in [0.1, 0.15) is 18.2 Å². The first-order valence-electron chi connectivity index (χ1n) is 10.3. The fraction of sp³-hybridized carbons (Fsp3) is 0.231. The zero-order valence-corrected chi connectivity index (χ0v) is 18.7. The van der Waals surface area contributed by atoms with E-state index in [1.165, 1.54) is 5.56 Å². The van der Waals surface area contributed by atoms with Gasteiger partial charge in [-0.05, 0) is 59.5 Å². The summed E-state index contributed by atoms with van der Waals surface area (Å²) >= 11 is 5.95. The van der Waals surface area contributed by atoms with Gasteiger partial charge in [-0.3, -0.25) is 4.79 Å². The van der Waals surface area contributed by atoms with E-state index in [-0.39, 0.29) is 24.3 Å². The zero-order valence-electron chi connectivity index (χ0n) is 17.9. The molecule has 4 aromatic rings. The highest BCUT2D eigenvalue weighted by Gasteiger charge is 2.16. The van der Waals surface area contributed by atoms with Crippen LogP contribution in [0.3, 0.4) is 0 Å². The molecule has 0 aliphatic rings. The van der Waals surface area contributed by atoms with Crippen LogP contribution in [-0.2, 0) is 18.6 Å². The molecule has 0 unspecified atom stereocenters. The Balaban J connectivity index is 1.57. The van der Waals surface area contributed by atoms with E-state index in [1.54, 1.807) is 24.3 Å². The lowest BCUT2D eigenvalue weighted by atomic mass is 9.87. The zero-order chi connectivity index (χ0) is 22.0. The molecule has 5 heteroatoms. The molecule has 4 nitrogen and oxygen atoms in total. The van der Waals surface area contributed by atoms with Crippen molar-refractivity contribution in [3.05, 3.63) is 94.8 Å². The normalized spacial score (nSPS) is 11.6. The molecule has 4 rings (SSSR count). The van der Waals surface area contributed by atoms with E-state index in [9.17, 15) is 4.79 Å². The number of para-hydroxylation sites is 2. The van der Waals surface area contributed by atoms with Gasteiger partial charge in [0.2, 0.25) is 0 Å². The van der Waals surface area contributed by atoms with E-state index >= 15 is 0 Å². The van der Waals surface area contributed by atoms with Crippen LogP contribution in [0.5, 0.6) is 5.75 Å². The van der Waals surface area contributed by atoms with Gasteiger partial charge < -0.3 is 9.30 Å². The lowest BCUT2D eigenvalue weighted by Crippen LogP contribution is -2.14. The molecule has 0 aliphatic carbocycles. The Morgan fingerprint density at radius 2 is 1.65 bits per heavy atom. The van der Waals surface area contributed by atoms with Crippen LogP contribution < -0.4 is 4.74 Å². The fourth-order valence-electron chi connectivity index (χ4n) is 3.48. The second kappa shape index (κ2) is 8.56. The van der Waals surface area contributed by atoms with E-state index in [4.69, 9.17) is 21.3 Å². The molecule has 0 bridgehead atoms. The van der Waals surface area contributed by atoms with E-state index in [0.717, 1.165) is 16.8 Å². The summed E-state index contributed by atoms with van der Waals surface area (Å²) in [4.78, 5) is 17.6. The lowest BCUT2D eigenvalue weighted by Gasteiger charge is -2.19. The first-order valence-corrected chi connectivity index (χ1v) is 10.7. The Morgan fingerprint density at radius 1 is 0.968 bits per heavy atom. The topological polar surface area (TPSA) is 44.1 Å². The fourth-order valence-corrected chi connectivity index (χ4v) is 3.61. The number of carbonyl (C=O) groups excluding carboxylic acids is 1. The molecule has 0 radical (unpaired) electrons. The van der Waals surface area contributed by atoms with Crippen LogP contribution in [0.2, 0.25) is 5.02 Å². The molecule has 158 valence electrons. The highest BCUT2D eigenvalue weighted by atomic mass is 35.5. The van der Waals surface area contributed by atoms with Crippen LogP contribution in [0.4, 0.5) is 0 Å². The number of imidazole rings is 1. The minimum absolute atomic E-state index is 0.00407. The maximum atomic E-state index is 12.9. The van der Waals surface area contributed by atoms with E-state index in [1.807, 2.05) is 41.0 Å². The Hall–Kier alpha value is -3.11. The van der Waals surface area contributed by atoms with Crippen molar-refractivity contribution in [3.63, 3.8) is 0 Å². The van der Waals surface area contributed by atoms with E-state index in [0.29, 0.717) is 16.4 Å². The number of aromatic nitrogens is 2. The van der Waals surface area contributed by atoms with Crippen LogP contribution in [-0.4, -0.2) is 15.3 Å². The van der Waals surface area contributed by atoms with Crippen molar-refractivity contribution >= 4 is 28.4 Å². The lowest BCUT2D eigenvalue weighted by molar-refractivity contribution is 0.0971. The van der Waals surface area contributed by atoms with Gasteiger partial charge in [-0.2, -0.15) is 0 Å². The molecule has 0 saturated carbocycles. The van der Waals surface area contributed by atoms with Gasteiger partial charge in [0.25, 0.3) is 0 Å². The summed E-state index contributed by atoms with van der Waals surface area (Å²) < 4.78 is 7.95. The molecule has 0 fully saturated rings. The molecule has 0 N–H and O–H groups in total. The number of hydrogen-bond acceptors (Lipinski definition) is 3. The van der Waals surface area contributed by atoms with Crippen LogP contribution >= 0.6 is 11.6 Å². The third-order valence-corrected chi connectivity index (χ3v) is 5.54. The summed E-state index contributed by atoms with van der Waals surface area (Å²) in [7, 11) is 0. The molecular formula is C26H25ClN2O2. The number of fused-ring (bicyclic) bond motifs is 1. The van der Waals surface area contributed by atoms with Crippen LogP contribution in [0, 0.1) is 0 Å². The van der Waals surface area contributed by atoms with Crippen LogP contribution in [0.25, 0.3) is 11.0 Å². The highest BCUT2D eigenvalue weighted by molar-refractivity contribution is 6.30. The summed E-state index contributed by atoms with van der Waals surface area (Å²) in [6.45, 7) is 7.01. The highest BCUT2D eigenvalue weighted by Crippen LogP contribution is 2.25. The average molecular weight is 433 g/mol. The summed E-state index contributed by atoms with van der Waals surface area (Å²) in [6.07, 6.45) is 0. The SMILES string of the molecule is CC(C)(C)c1ccc(OCc2nc3ccccc3n2CC(=O)c2ccc(Cl)cc2)cc1. The smallest absolute Gasteiger partial charge is 0.182 e. The summed E-state index contributed by atoms with van der Waals surface area (Å²) in [6, 6.07) is 22.9. The minimum Gasteiger partial charge on any atom is -0.486 e. The number of ketones is 1. The van der Waals surface area contributed by atoms with Gasteiger partial charge in [0.05, 0.1) is 17.6 Å². The Bertz CT molecular complexity index is 1200. The molecule has 0 aliphatic heterocycles. The summed E-state index contributed by atoms with van der Waals surface area (Å²) in [5.41, 5.74) is 3.71. The average Bonchev–Trinajstić information content (AvgIpc) is 3.10. The molecule has 1 aromatic heterocycles. The van der Waals surface area contributed by atoms with Crippen molar-refractivity contribution in [2.45, 2.75) is 39.3 Å². The van der Waals surface area contributed by atoms with Crippen molar-refractivity contribution in [2.75, 3.05) is 0 Å². The summed E-state index contributed by atoms with van der Waals surface area (Å²) in [5, 5.41) is 0.608. The second-order valence-corrected chi connectivity index (χ2v) is 9.03. The largest absolute Gasteiger partial charge is 0.486 e. The molecule has 1 heterocycles. The number of halogens is 1. The Kier molecular flexibility index (Phi) is 5.84. The molecule has 0 amide bonds. The minimum atomic E-state index is -0.00407. The Labute approximate surface area is 187 Å². The van der Waals surface area contributed by atoms with Crippen LogP contribution in [0.15, 0.2) is 72.8 Å².